The maximum Gasteiger partial charge on any atom is 0.193 e. The van der Waals surface area contributed by atoms with E-state index in [1.54, 1.807) is 0 Å². The van der Waals surface area contributed by atoms with Gasteiger partial charge in [0.15, 0.2) is 5.78 Å². The summed E-state index contributed by atoms with van der Waals surface area (Å²) in [6.45, 7) is 8.11. The number of carbonyl (C=O) groups is 1. The van der Waals surface area contributed by atoms with Crippen molar-refractivity contribution in [1.82, 2.24) is 4.90 Å². The molecule has 5 heteroatoms. The SMILES string of the molecule is CC1=CCCC2(C)C(CCC2(O)CN2CCOCC2)c2ccc(cc2C(=O)c2ccccc2-c2ccccc2)CC(O)CC1. The molecule has 44 heavy (non-hydrogen) atoms. The van der Waals surface area contributed by atoms with Gasteiger partial charge < -0.3 is 14.9 Å². The highest BCUT2D eigenvalue weighted by Crippen LogP contribution is 2.59. The second-order valence-corrected chi connectivity index (χ2v) is 13.6. The molecule has 1 saturated carbocycles. The Morgan fingerprint density at radius 3 is 2.50 bits per heavy atom. The van der Waals surface area contributed by atoms with Crippen LogP contribution in [0.3, 0.4) is 0 Å². The summed E-state index contributed by atoms with van der Waals surface area (Å²) >= 11 is 0. The minimum atomic E-state index is -0.884. The fourth-order valence-corrected chi connectivity index (χ4v) is 8.02. The molecule has 1 saturated heterocycles. The van der Waals surface area contributed by atoms with Crippen molar-refractivity contribution in [3.05, 3.63) is 107 Å². The number of rotatable bonds is 5. The van der Waals surface area contributed by atoms with Crippen molar-refractivity contribution >= 4 is 5.78 Å². The number of benzene rings is 3. The molecule has 0 aromatic heterocycles. The van der Waals surface area contributed by atoms with Gasteiger partial charge in [-0.05, 0) is 86.1 Å². The highest BCUT2D eigenvalue weighted by molar-refractivity contribution is 6.13. The summed E-state index contributed by atoms with van der Waals surface area (Å²) < 4.78 is 5.62. The summed E-state index contributed by atoms with van der Waals surface area (Å²) in [6.07, 6.45) is 7.08. The maximum atomic E-state index is 14.7. The first-order valence-corrected chi connectivity index (χ1v) is 16.5. The molecule has 1 aliphatic heterocycles. The lowest BCUT2D eigenvalue weighted by Gasteiger charge is -2.46. The first-order chi connectivity index (χ1) is 21.3. The van der Waals surface area contributed by atoms with Crippen molar-refractivity contribution in [2.45, 2.75) is 76.4 Å². The van der Waals surface area contributed by atoms with Gasteiger partial charge in [0.05, 0.1) is 24.9 Å². The average Bonchev–Trinajstić information content (AvgIpc) is 3.29. The van der Waals surface area contributed by atoms with E-state index in [9.17, 15) is 15.0 Å². The van der Waals surface area contributed by atoms with Crippen LogP contribution in [0.5, 0.6) is 0 Å². The molecule has 7 rings (SSSR count). The number of fused-ring (bicyclic) bond motifs is 8. The van der Waals surface area contributed by atoms with Crippen LogP contribution in [0.25, 0.3) is 11.1 Å². The molecule has 4 atom stereocenters. The van der Waals surface area contributed by atoms with E-state index >= 15 is 0 Å². The fraction of sp³-hybridized carbons (Fsp3) is 0.462. The Labute approximate surface area is 262 Å². The quantitative estimate of drug-likeness (QED) is 0.247. The zero-order valence-corrected chi connectivity index (χ0v) is 26.3. The molecule has 0 amide bonds. The van der Waals surface area contributed by atoms with Crippen LogP contribution in [0.2, 0.25) is 0 Å². The van der Waals surface area contributed by atoms with E-state index in [-0.39, 0.29) is 11.7 Å². The minimum Gasteiger partial charge on any atom is -0.393 e. The Kier molecular flexibility index (Phi) is 9.21. The first-order valence-electron chi connectivity index (χ1n) is 16.5. The van der Waals surface area contributed by atoms with Crippen LogP contribution in [0.15, 0.2) is 84.4 Å². The monoisotopic (exact) mass is 593 g/mol. The first kappa shape index (κ1) is 30.9. The molecular weight excluding hydrogens is 546 g/mol. The maximum absolute atomic E-state index is 14.7. The zero-order chi connectivity index (χ0) is 30.7. The number of ether oxygens (including phenoxy) is 1. The van der Waals surface area contributed by atoms with E-state index in [0.29, 0.717) is 50.1 Å². The summed E-state index contributed by atoms with van der Waals surface area (Å²) in [5.74, 6) is 0.0246. The van der Waals surface area contributed by atoms with Gasteiger partial charge in [-0.15, -0.1) is 0 Å². The van der Waals surface area contributed by atoms with Crippen LogP contribution in [-0.4, -0.2) is 65.4 Å². The van der Waals surface area contributed by atoms with Crippen molar-refractivity contribution < 1.29 is 19.7 Å². The smallest absolute Gasteiger partial charge is 0.193 e. The van der Waals surface area contributed by atoms with E-state index < -0.39 is 17.1 Å². The highest BCUT2D eigenvalue weighted by Gasteiger charge is 2.57. The second kappa shape index (κ2) is 13.1. The Morgan fingerprint density at radius 1 is 0.955 bits per heavy atom. The van der Waals surface area contributed by atoms with Crippen molar-refractivity contribution in [2.75, 3.05) is 32.8 Å². The Bertz CT molecular complexity index is 1490. The molecule has 3 aliphatic carbocycles. The third-order valence-corrected chi connectivity index (χ3v) is 10.8. The van der Waals surface area contributed by atoms with Gasteiger partial charge >= 0.3 is 0 Å². The van der Waals surface area contributed by atoms with E-state index in [1.807, 2.05) is 60.7 Å². The lowest BCUT2D eigenvalue weighted by Crippen LogP contribution is -2.54. The number of morpholine rings is 1. The summed E-state index contributed by atoms with van der Waals surface area (Å²) in [6, 6.07) is 24.3. The van der Waals surface area contributed by atoms with Crippen molar-refractivity contribution in [3.63, 3.8) is 0 Å². The summed E-state index contributed by atoms with van der Waals surface area (Å²) in [5.41, 5.74) is 5.29. The Morgan fingerprint density at radius 2 is 1.70 bits per heavy atom. The van der Waals surface area contributed by atoms with Crippen LogP contribution in [-0.2, 0) is 11.2 Å². The van der Waals surface area contributed by atoms with Gasteiger partial charge in [-0.3, -0.25) is 9.69 Å². The van der Waals surface area contributed by atoms with Gasteiger partial charge in [0.1, 0.15) is 0 Å². The lowest BCUT2D eigenvalue weighted by atomic mass is 9.64. The topological polar surface area (TPSA) is 70.0 Å². The standard InChI is InChI=1S/C39H47NO4/c1-28-9-8-19-38(2)36(18-20-39(38,43)27-40-21-23-44-24-22-40)33-17-15-29(25-31(41)16-14-28)26-35(33)37(42)34-13-7-6-12-32(34)30-10-4-3-5-11-30/h3-7,9-13,15,17,26,31,36,41,43H,8,14,16,18-25,27H2,1-2H3. The predicted molar refractivity (Wildman–Crippen MR) is 176 cm³/mol. The number of allylic oxidation sites excluding steroid dienone is 2. The van der Waals surface area contributed by atoms with Gasteiger partial charge in [0.25, 0.3) is 0 Å². The number of carbonyl (C=O) groups excluding carboxylic acids is 1. The van der Waals surface area contributed by atoms with E-state index in [4.69, 9.17) is 4.74 Å². The molecule has 2 N–H and O–H groups in total. The van der Waals surface area contributed by atoms with Crippen LogP contribution in [0.1, 0.15) is 85.3 Å². The molecule has 2 fully saturated rings. The predicted octanol–water partition coefficient (Wildman–Crippen LogP) is 6.96. The largest absolute Gasteiger partial charge is 0.393 e. The number of β-amino-alcohol motifs (C(OH)–C–C–N with tert-alkyl or cyclic N) is 1. The summed E-state index contributed by atoms with van der Waals surface area (Å²) in [7, 11) is 0. The molecule has 2 bridgehead atoms. The molecule has 4 aliphatic rings. The Hall–Kier alpha value is -3.09. The normalized spacial score (nSPS) is 28.2. The summed E-state index contributed by atoms with van der Waals surface area (Å²) in [4.78, 5) is 17.1. The molecule has 5 nitrogen and oxygen atoms in total. The van der Waals surface area contributed by atoms with Gasteiger partial charge in [-0.1, -0.05) is 85.3 Å². The number of ketones is 1. The number of nitrogens with zero attached hydrogens (tertiary/aromatic N) is 1. The molecule has 3 aromatic rings. The number of aliphatic hydroxyl groups excluding tert-OH is 1. The molecular formula is C39H47NO4. The van der Waals surface area contributed by atoms with Gasteiger partial charge in [-0.25, -0.2) is 0 Å². The third kappa shape index (κ3) is 6.21. The van der Waals surface area contributed by atoms with Crippen molar-refractivity contribution in [2.24, 2.45) is 5.41 Å². The Balaban J connectivity index is 1.46. The molecule has 0 radical (unpaired) electrons. The molecule has 0 spiro atoms. The lowest BCUT2D eigenvalue weighted by molar-refractivity contribution is -0.0959. The van der Waals surface area contributed by atoms with E-state index in [1.165, 1.54) is 5.57 Å². The van der Waals surface area contributed by atoms with Crippen LogP contribution in [0.4, 0.5) is 0 Å². The highest BCUT2D eigenvalue weighted by atomic mass is 16.5. The number of aliphatic hydroxyl groups is 2. The number of hydrogen-bond donors (Lipinski definition) is 2. The third-order valence-electron chi connectivity index (χ3n) is 10.8. The van der Waals surface area contributed by atoms with Crippen LogP contribution in [0, 0.1) is 5.41 Å². The fourth-order valence-electron chi connectivity index (χ4n) is 8.02. The van der Waals surface area contributed by atoms with Crippen LogP contribution < -0.4 is 0 Å². The van der Waals surface area contributed by atoms with E-state index in [0.717, 1.165) is 61.0 Å². The van der Waals surface area contributed by atoms with Gasteiger partial charge in [0, 0.05) is 36.2 Å². The average molecular weight is 594 g/mol. The number of hydrogen-bond acceptors (Lipinski definition) is 5. The molecule has 232 valence electrons. The van der Waals surface area contributed by atoms with E-state index in [2.05, 4.69) is 37.0 Å². The van der Waals surface area contributed by atoms with Gasteiger partial charge in [-0.2, -0.15) is 0 Å². The van der Waals surface area contributed by atoms with Crippen LogP contribution >= 0.6 is 0 Å². The van der Waals surface area contributed by atoms with Crippen molar-refractivity contribution in [3.8, 4) is 11.1 Å². The molecule has 1 heterocycles. The second-order valence-electron chi connectivity index (χ2n) is 13.6. The minimum absolute atomic E-state index is 0.00426. The zero-order valence-electron chi connectivity index (χ0n) is 26.3. The van der Waals surface area contributed by atoms with Gasteiger partial charge in [0.2, 0.25) is 0 Å². The van der Waals surface area contributed by atoms with Crippen molar-refractivity contribution in [1.29, 1.82) is 0 Å². The molecule has 3 aromatic carbocycles. The summed E-state index contributed by atoms with van der Waals surface area (Å²) in [5, 5.41) is 23.5. The molecule has 4 unspecified atom stereocenters.